The van der Waals surface area contributed by atoms with Gasteiger partial charge in [-0.1, -0.05) is 0 Å². The van der Waals surface area contributed by atoms with Crippen molar-refractivity contribution in [1.29, 1.82) is 0 Å². The molecule has 0 fully saturated rings. The number of H-pyrrole nitrogens is 1. The summed E-state index contributed by atoms with van der Waals surface area (Å²) in [5.41, 5.74) is 7.57. The Morgan fingerprint density at radius 2 is 2.27 bits per heavy atom. The molecular formula is C10H13N5. The zero-order chi connectivity index (χ0) is 10.8. The molecule has 2 rings (SSSR count). The van der Waals surface area contributed by atoms with Crippen LogP contribution in [0, 0.1) is 6.92 Å². The highest BCUT2D eigenvalue weighted by Gasteiger charge is 2.09. The van der Waals surface area contributed by atoms with Crippen LogP contribution in [0.2, 0.25) is 0 Å². The van der Waals surface area contributed by atoms with Gasteiger partial charge in [-0.2, -0.15) is 5.10 Å². The van der Waals surface area contributed by atoms with E-state index in [0.717, 1.165) is 11.3 Å². The number of nitrogens with two attached hydrogens (primary N) is 1. The Morgan fingerprint density at radius 1 is 1.47 bits per heavy atom. The quantitative estimate of drug-likeness (QED) is 0.768. The lowest BCUT2D eigenvalue weighted by molar-refractivity contribution is 0.745. The summed E-state index contributed by atoms with van der Waals surface area (Å²) in [5, 5.41) is 6.87. The Morgan fingerprint density at radius 3 is 2.87 bits per heavy atom. The van der Waals surface area contributed by atoms with Crippen molar-refractivity contribution in [1.82, 2.24) is 20.2 Å². The standard InChI is InChI=1S/C10H13N5/c1-6-3-4-12-8(5-6)10-13-9(7(2)11)14-15-10/h3-5,7H,11H2,1-2H3,(H,13,14,15). The molecule has 0 saturated heterocycles. The zero-order valence-corrected chi connectivity index (χ0v) is 8.73. The first kappa shape index (κ1) is 9.79. The smallest absolute Gasteiger partial charge is 0.199 e. The van der Waals surface area contributed by atoms with Gasteiger partial charge in [0.2, 0.25) is 0 Å². The Labute approximate surface area is 87.8 Å². The molecule has 5 nitrogen and oxygen atoms in total. The summed E-state index contributed by atoms with van der Waals surface area (Å²) in [6, 6.07) is 3.73. The lowest BCUT2D eigenvalue weighted by Crippen LogP contribution is -2.06. The molecule has 2 aromatic rings. The maximum Gasteiger partial charge on any atom is 0.199 e. The van der Waals surface area contributed by atoms with Gasteiger partial charge in [0.1, 0.15) is 11.5 Å². The third-order valence-electron chi connectivity index (χ3n) is 2.08. The molecule has 0 bridgehead atoms. The number of rotatable bonds is 2. The van der Waals surface area contributed by atoms with Crippen LogP contribution >= 0.6 is 0 Å². The van der Waals surface area contributed by atoms with E-state index in [9.17, 15) is 0 Å². The number of aromatic amines is 1. The molecule has 0 saturated carbocycles. The molecule has 78 valence electrons. The topological polar surface area (TPSA) is 80.5 Å². The molecule has 1 unspecified atom stereocenters. The molecule has 3 N–H and O–H groups in total. The minimum Gasteiger partial charge on any atom is -0.322 e. The van der Waals surface area contributed by atoms with Crippen LogP contribution in [0.1, 0.15) is 24.4 Å². The highest BCUT2D eigenvalue weighted by molar-refractivity contribution is 5.49. The van der Waals surface area contributed by atoms with Gasteiger partial charge in [-0.15, -0.1) is 0 Å². The van der Waals surface area contributed by atoms with Gasteiger partial charge >= 0.3 is 0 Å². The first-order valence-electron chi connectivity index (χ1n) is 4.77. The largest absolute Gasteiger partial charge is 0.322 e. The average molecular weight is 203 g/mol. The highest BCUT2D eigenvalue weighted by atomic mass is 15.2. The van der Waals surface area contributed by atoms with Crippen LogP contribution in [-0.2, 0) is 0 Å². The molecule has 0 radical (unpaired) electrons. The van der Waals surface area contributed by atoms with Crippen LogP contribution in [0.25, 0.3) is 11.5 Å². The zero-order valence-electron chi connectivity index (χ0n) is 8.73. The number of pyridine rings is 1. The van der Waals surface area contributed by atoms with E-state index in [4.69, 9.17) is 5.73 Å². The predicted molar refractivity (Wildman–Crippen MR) is 57.0 cm³/mol. The van der Waals surface area contributed by atoms with Gasteiger partial charge in [-0.05, 0) is 31.5 Å². The van der Waals surface area contributed by atoms with Crippen LogP contribution in [-0.4, -0.2) is 20.2 Å². The fraction of sp³-hybridized carbons (Fsp3) is 0.300. The number of hydrogen-bond acceptors (Lipinski definition) is 4. The molecule has 0 aliphatic heterocycles. The van der Waals surface area contributed by atoms with Gasteiger partial charge in [0.25, 0.3) is 0 Å². The van der Waals surface area contributed by atoms with Gasteiger partial charge in [0.05, 0.1) is 6.04 Å². The van der Waals surface area contributed by atoms with E-state index in [1.54, 1.807) is 6.20 Å². The van der Waals surface area contributed by atoms with E-state index in [2.05, 4.69) is 20.2 Å². The molecule has 15 heavy (non-hydrogen) atoms. The number of hydrogen-bond donors (Lipinski definition) is 2. The minimum absolute atomic E-state index is 0.143. The first-order chi connectivity index (χ1) is 7.16. The van der Waals surface area contributed by atoms with Crippen LogP contribution in [0.3, 0.4) is 0 Å². The monoisotopic (exact) mass is 203 g/mol. The van der Waals surface area contributed by atoms with Crippen molar-refractivity contribution < 1.29 is 0 Å². The first-order valence-corrected chi connectivity index (χ1v) is 4.77. The summed E-state index contributed by atoms with van der Waals surface area (Å²) >= 11 is 0. The van der Waals surface area contributed by atoms with Gasteiger partial charge in [0.15, 0.2) is 5.82 Å². The summed E-state index contributed by atoms with van der Waals surface area (Å²) in [4.78, 5) is 8.46. The van der Waals surface area contributed by atoms with Crippen LogP contribution < -0.4 is 5.73 Å². The molecule has 0 aliphatic rings. The van der Waals surface area contributed by atoms with Crippen LogP contribution in [0.5, 0.6) is 0 Å². The molecule has 0 aliphatic carbocycles. The minimum atomic E-state index is -0.143. The number of aryl methyl sites for hydroxylation is 1. The maximum atomic E-state index is 5.68. The maximum absolute atomic E-state index is 5.68. The highest BCUT2D eigenvalue weighted by Crippen LogP contribution is 2.14. The summed E-state index contributed by atoms with van der Waals surface area (Å²) in [6.45, 7) is 3.86. The Kier molecular flexibility index (Phi) is 2.47. The Bertz CT molecular complexity index is 460. The second kappa shape index (κ2) is 3.78. The molecule has 0 amide bonds. The third kappa shape index (κ3) is 2.02. The number of aromatic nitrogens is 4. The predicted octanol–water partition coefficient (Wildman–Crippen LogP) is 1.19. The molecule has 2 aromatic heterocycles. The molecule has 0 aromatic carbocycles. The van der Waals surface area contributed by atoms with E-state index in [1.807, 2.05) is 26.0 Å². The van der Waals surface area contributed by atoms with E-state index < -0.39 is 0 Å². The second-order valence-electron chi connectivity index (χ2n) is 3.55. The molecule has 1 atom stereocenters. The summed E-state index contributed by atoms with van der Waals surface area (Å²) in [5.74, 6) is 1.26. The number of nitrogens with one attached hydrogen (secondary N) is 1. The molecule has 0 spiro atoms. The summed E-state index contributed by atoms with van der Waals surface area (Å²) in [7, 11) is 0. The van der Waals surface area contributed by atoms with Gasteiger partial charge in [-0.25, -0.2) is 4.98 Å². The molecule has 2 heterocycles. The van der Waals surface area contributed by atoms with Crippen LogP contribution in [0.15, 0.2) is 18.3 Å². The van der Waals surface area contributed by atoms with Crippen molar-refractivity contribution in [3.05, 3.63) is 29.7 Å². The average Bonchev–Trinajstić information content (AvgIpc) is 2.66. The van der Waals surface area contributed by atoms with Gasteiger partial charge < -0.3 is 5.73 Å². The van der Waals surface area contributed by atoms with Crippen molar-refractivity contribution in [2.24, 2.45) is 5.73 Å². The number of nitrogens with zero attached hydrogens (tertiary/aromatic N) is 3. The molecular weight excluding hydrogens is 190 g/mol. The van der Waals surface area contributed by atoms with E-state index >= 15 is 0 Å². The fourth-order valence-corrected chi connectivity index (χ4v) is 1.25. The van der Waals surface area contributed by atoms with Crippen molar-refractivity contribution >= 4 is 0 Å². The third-order valence-corrected chi connectivity index (χ3v) is 2.08. The van der Waals surface area contributed by atoms with Gasteiger partial charge in [-0.3, -0.25) is 10.1 Å². The Hall–Kier alpha value is -1.75. The van der Waals surface area contributed by atoms with Gasteiger partial charge in [0, 0.05) is 6.20 Å². The van der Waals surface area contributed by atoms with Crippen molar-refractivity contribution in [3.8, 4) is 11.5 Å². The lowest BCUT2D eigenvalue weighted by Gasteiger charge is -1.97. The van der Waals surface area contributed by atoms with Crippen LogP contribution in [0.4, 0.5) is 0 Å². The van der Waals surface area contributed by atoms with Crippen molar-refractivity contribution in [2.45, 2.75) is 19.9 Å². The summed E-state index contributed by atoms with van der Waals surface area (Å²) < 4.78 is 0. The normalized spacial score (nSPS) is 12.7. The lowest BCUT2D eigenvalue weighted by atomic mass is 10.2. The fourth-order valence-electron chi connectivity index (χ4n) is 1.25. The van der Waals surface area contributed by atoms with Crippen molar-refractivity contribution in [2.75, 3.05) is 0 Å². The second-order valence-corrected chi connectivity index (χ2v) is 3.55. The van der Waals surface area contributed by atoms with E-state index in [1.165, 1.54) is 0 Å². The Balaban J connectivity index is 2.37. The SMILES string of the molecule is Cc1ccnc(-c2n[nH]c(C(C)N)n2)c1. The van der Waals surface area contributed by atoms with E-state index in [-0.39, 0.29) is 6.04 Å². The molecule has 5 heteroatoms. The summed E-state index contributed by atoms with van der Waals surface area (Å²) in [6.07, 6.45) is 1.74. The van der Waals surface area contributed by atoms with E-state index in [0.29, 0.717) is 11.6 Å². The van der Waals surface area contributed by atoms with Crippen molar-refractivity contribution in [3.63, 3.8) is 0 Å².